The third-order valence-corrected chi connectivity index (χ3v) is 4.29. The van der Waals surface area contributed by atoms with E-state index in [-0.39, 0.29) is 30.9 Å². The number of piperazine rings is 1. The fourth-order valence-electron chi connectivity index (χ4n) is 2.76. The van der Waals surface area contributed by atoms with Crippen LogP contribution < -0.4 is 21.3 Å². The number of carbonyl (C=O) groups is 2. The van der Waals surface area contributed by atoms with Gasteiger partial charge in [0.15, 0.2) is 0 Å². The van der Waals surface area contributed by atoms with Crippen LogP contribution in [0, 0.1) is 0 Å². The lowest BCUT2D eigenvalue weighted by atomic mass is 10.2. The monoisotopic (exact) mass is 333 g/mol. The second-order valence-corrected chi connectivity index (χ2v) is 5.99. The summed E-state index contributed by atoms with van der Waals surface area (Å²) in [5, 5.41) is 5.32. The number of hydrogen-bond donors (Lipinski definition) is 3. The summed E-state index contributed by atoms with van der Waals surface area (Å²) in [6, 6.07) is 10.7. The second kappa shape index (κ2) is 9.24. The van der Waals surface area contributed by atoms with Crippen LogP contribution in [-0.4, -0.2) is 68.6 Å². The Hall–Kier alpha value is -2.12. The molecule has 0 aliphatic carbocycles. The highest BCUT2D eigenvalue weighted by atomic mass is 16.2. The summed E-state index contributed by atoms with van der Waals surface area (Å²) in [6.45, 7) is 6.45. The van der Waals surface area contributed by atoms with E-state index in [1.165, 1.54) is 5.69 Å². The van der Waals surface area contributed by atoms with Gasteiger partial charge >= 0.3 is 0 Å². The number of nitrogens with one attached hydrogen (secondary N) is 2. The van der Waals surface area contributed by atoms with Gasteiger partial charge in [-0.15, -0.1) is 0 Å². The fraction of sp³-hybridized carbons (Fsp3) is 0.529. The first-order valence-corrected chi connectivity index (χ1v) is 8.37. The summed E-state index contributed by atoms with van der Waals surface area (Å²) in [7, 11) is 0. The van der Waals surface area contributed by atoms with E-state index in [1.54, 1.807) is 0 Å². The number of amides is 2. The van der Waals surface area contributed by atoms with Crippen molar-refractivity contribution in [2.75, 3.05) is 50.7 Å². The average molecular weight is 333 g/mol. The van der Waals surface area contributed by atoms with Gasteiger partial charge in [-0.25, -0.2) is 0 Å². The summed E-state index contributed by atoms with van der Waals surface area (Å²) < 4.78 is 0. The van der Waals surface area contributed by atoms with Crippen LogP contribution in [0.3, 0.4) is 0 Å². The smallest absolute Gasteiger partial charge is 0.239 e. The van der Waals surface area contributed by atoms with E-state index in [1.807, 2.05) is 6.07 Å². The molecule has 1 heterocycles. The van der Waals surface area contributed by atoms with Gasteiger partial charge in [-0.2, -0.15) is 0 Å². The SMILES string of the molecule is CC(CNC(=O)CNC(=O)CN)N1CCN(c2ccccc2)CC1. The molecule has 2 rings (SSSR count). The van der Waals surface area contributed by atoms with E-state index in [2.05, 4.69) is 51.6 Å². The molecule has 0 bridgehead atoms. The Morgan fingerprint density at radius 1 is 1.08 bits per heavy atom. The Labute approximate surface area is 143 Å². The number of nitrogens with two attached hydrogens (primary N) is 1. The highest BCUT2D eigenvalue weighted by molar-refractivity contribution is 5.85. The molecule has 1 aromatic rings. The van der Waals surface area contributed by atoms with Crippen molar-refractivity contribution in [3.05, 3.63) is 30.3 Å². The quantitative estimate of drug-likeness (QED) is 0.619. The maximum atomic E-state index is 11.7. The van der Waals surface area contributed by atoms with E-state index in [0.29, 0.717) is 6.54 Å². The molecule has 1 aliphatic rings. The Morgan fingerprint density at radius 3 is 2.38 bits per heavy atom. The van der Waals surface area contributed by atoms with Crippen molar-refractivity contribution in [3.63, 3.8) is 0 Å². The number of benzene rings is 1. The van der Waals surface area contributed by atoms with E-state index in [4.69, 9.17) is 5.73 Å². The van der Waals surface area contributed by atoms with Crippen molar-refractivity contribution >= 4 is 17.5 Å². The maximum absolute atomic E-state index is 11.7. The summed E-state index contributed by atoms with van der Waals surface area (Å²) >= 11 is 0. The lowest BCUT2D eigenvalue weighted by Crippen LogP contribution is -2.53. The van der Waals surface area contributed by atoms with Gasteiger partial charge in [0.1, 0.15) is 0 Å². The predicted molar refractivity (Wildman–Crippen MR) is 94.8 cm³/mol. The van der Waals surface area contributed by atoms with Crippen LogP contribution in [0.25, 0.3) is 0 Å². The molecule has 132 valence electrons. The van der Waals surface area contributed by atoms with E-state index >= 15 is 0 Å². The number of anilines is 1. The minimum absolute atomic E-state index is 0.0233. The standard InChI is InChI=1S/C17H27N5O2/c1-14(12-19-17(24)13-20-16(23)11-18)21-7-9-22(10-8-21)15-5-3-2-4-6-15/h2-6,14H,7-13,18H2,1H3,(H,19,24)(H,20,23). The molecule has 0 saturated carbocycles. The van der Waals surface area contributed by atoms with Gasteiger partial charge in [-0.05, 0) is 19.1 Å². The molecule has 1 unspecified atom stereocenters. The minimum atomic E-state index is -0.324. The molecule has 0 radical (unpaired) electrons. The van der Waals surface area contributed by atoms with E-state index in [0.717, 1.165) is 26.2 Å². The zero-order valence-corrected chi connectivity index (χ0v) is 14.2. The van der Waals surface area contributed by atoms with Gasteiger partial charge in [0.25, 0.3) is 0 Å². The molecule has 1 fully saturated rings. The van der Waals surface area contributed by atoms with Crippen LogP contribution in [-0.2, 0) is 9.59 Å². The molecule has 1 aromatic carbocycles. The van der Waals surface area contributed by atoms with Crippen LogP contribution in [0.1, 0.15) is 6.92 Å². The first-order valence-electron chi connectivity index (χ1n) is 8.37. The molecule has 1 atom stereocenters. The summed E-state index contributed by atoms with van der Waals surface area (Å²) in [5.41, 5.74) is 6.43. The lowest BCUT2D eigenvalue weighted by molar-refractivity contribution is -0.125. The highest BCUT2D eigenvalue weighted by Crippen LogP contribution is 2.16. The summed E-state index contributed by atoms with van der Waals surface area (Å²) in [6.07, 6.45) is 0. The number of nitrogens with zero attached hydrogens (tertiary/aromatic N) is 2. The predicted octanol–water partition coefficient (Wildman–Crippen LogP) is -0.612. The zero-order valence-electron chi connectivity index (χ0n) is 14.2. The lowest BCUT2D eigenvalue weighted by Gasteiger charge is -2.39. The largest absolute Gasteiger partial charge is 0.369 e. The van der Waals surface area contributed by atoms with E-state index in [9.17, 15) is 9.59 Å². The van der Waals surface area contributed by atoms with Crippen molar-refractivity contribution < 1.29 is 9.59 Å². The van der Waals surface area contributed by atoms with Crippen molar-refractivity contribution in [2.24, 2.45) is 5.73 Å². The van der Waals surface area contributed by atoms with E-state index < -0.39 is 0 Å². The van der Waals surface area contributed by atoms with Crippen LogP contribution >= 0.6 is 0 Å². The van der Waals surface area contributed by atoms with Gasteiger partial charge in [0.2, 0.25) is 11.8 Å². The Bertz CT molecular complexity index is 529. The van der Waals surface area contributed by atoms with Crippen LogP contribution in [0.15, 0.2) is 30.3 Å². The van der Waals surface area contributed by atoms with Gasteiger partial charge in [-0.3, -0.25) is 14.5 Å². The first-order chi connectivity index (χ1) is 11.6. The molecule has 1 saturated heterocycles. The highest BCUT2D eigenvalue weighted by Gasteiger charge is 2.21. The molecular weight excluding hydrogens is 306 g/mol. The molecular formula is C17H27N5O2. The summed E-state index contributed by atoms with van der Waals surface area (Å²) in [5.74, 6) is -0.512. The maximum Gasteiger partial charge on any atom is 0.239 e. The summed E-state index contributed by atoms with van der Waals surface area (Å²) in [4.78, 5) is 27.5. The minimum Gasteiger partial charge on any atom is -0.369 e. The third kappa shape index (κ3) is 5.50. The van der Waals surface area contributed by atoms with Crippen molar-refractivity contribution in [3.8, 4) is 0 Å². The van der Waals surface area contributed by atoms with Gasteiger partial charge in [0, 0.05) is 44.5 Å². The molecule has 7 nitrogen and oxygen atoms in total. The van der Waals surface area contributed by atoms with Crippen molar-refractivity contribution in [2.45, 2.75) is 13.0 Å². The molecule has 4 N–H and O–H groups in total. The fourth-order valence-corrected chi connectivity index (χ4v) is 2.76. The third-order valence-electron chi connectivity index (χ3n) is 4.29. The topological polar surface area (TPSA) is 90.7 Å². The van der Waals surface area contributed by atoms with Crippen molar-refractivity contribution in [1.29, 1.82) is 0 Å². The number of carbonyl (C=O) groups excluding carboxylic acids is 2. The van der Waals surface area contributed by atoms with Crippen LogP contribution in [0.4, 0.5) is 5.69 Å². The van der Waals surface area contributed by atoms with Crippen molar-refractivity contribution in [1.82, 2.24) is 15.5 Å². The molecule has 0 aromatic heterocycles. The van der Waals surface area contributed by atoms with Gasteiger partial charge in [-0.1, -0.05) is 18.2 Å². The first kappa shape index (κ1) is 18.2. The number of para-hydroxylation sites is 1. The van der Waals surface area contributed by atoms with Gasteiger partial charge < -0.3 is 21.3 Å². The number of hydrogen-bond acceptors (Lipinski definition) is 5. The van der Waals surface area contributed by atoms with Crippen LogP contribution in [0.2, 0.25) is 0 Å². The molecule has 2 amide bonds. The Morgan fingerprint density at radius 2 is 1.75 bits per heavy atom. The van der Waals surface area contributed by atoms with Crippen LogP contribution in [0.5, 0.6) is 0 Å². The Balaban J connectivity index is 1.68. The zero-order chi connectivity index (χ0) is 17.4. The normalized spacial score (nSPS) is 16.5. The molecule has 24 heavy (non-hydrogen) atoms. The number of rotatable bonds is 7. The second-order valence-electron chi connectivity index (χ2n) is 5.99. The molecule has 7 heteroatoms. The molecule has 0 spiro atoms. The molecule has 1 aliphatic heterocycles. The van der Waals surface area contributed by atoms with Gasteiger partial charge in [0.05, 0.1) is 13.1 Å². The Kier molecular flexibility index (Phi) is 7.02. The average Bonchev–Trinajstić information content (AvgIpc) is 2.64.